The Labute approximate surface area is 154 Å². The molecule has 0 bridgehead atoms. The van der Waals surface area contributed by atoms with Gasteiger partial charge in [0.2, 0.25) is 0 Å². The number of aryl methyl sites for hydroxylation is 1. The Balaban J connectivity index is 1.46. The van der Waals surface area contributed by atoms with Gasteiger partial charge >= 0.3 is 0 Å². The number of hydrogen-bond donors (Lipinski definition) is 1. The van der Waals surface area contributed by atoms with Gasteiger partial charge in [-0.2, -0.15) is 0 Å². The van der Waals surface area contributed by atoms with Gasteiger partial charge in [-0.05, 0) is 55.9 Å². The van der Waals surface area contributed by atoms with Gasteiger partial charge in [-0.3, -0.25) is 4.98 Å². The van der Waals surface area contributed by atoms with E-state index in [1.54, 1.807) is 7.11 Å². The van der Waals surface area contributed by atoms with Crippen molar-refractivity contribution in [2.45, 2.75) is 32.0 Å². The second-order valence-electron chi connectivity index (χ2n) is 7.43. The maximum absolute atomic E-state index is 10.6. The number of para-hydroxylation sites is 2. The smallest absolute Gasteiger partial charge is 0.161 e. The normalized spacial score (nSPS) is 27.9. The van der Waals surface area contributed by atoms with Crippen LogP contribution in [0, 0.1) is 18.8 Å². The maximum Gasteiger partial charge on any atom is 0.161 e. The Kier molecular flexibility index (Phi) is 4.72. The van der Waals surface area contributed by atoms with Crippen molar-refractivity contribution in [3.05, 3.63) is 48.3 Å². The van der Waals surface area contributed by atoms with E-state index < -0.39 is 6.10 Å². The lowest BCUT2D eigenvalue weighted by Crippen LogP contribution is -2.42. The van der Waals surface area contributed by atoms with E-state index in [-0.39, 0.29) is 6.10 Å². The van der Waals surface area contributed by atoms with E-state index in [4.69, 9.17) is 9.47 Å². The molecule has 4 atom stereocenters. The van der Waals surface area contributed by atoms with Crippen LogP contribution in [0.25, 0.3) is 0 Å². The predicted octanol–water partition coefficient (Wildman–Crippen LogP) is 3.05. The summed E-state index contributed by atoms with van der Waals surface area (Å²) in [5.41, 5.74) is 2.26. The van der Waals surface area contributed by atoms with Crippen molar-refractivity contribution in [2.75, 3.05) is 25.1 Å². The second kappa shape index (κ2) is 7.16. The van der Waals surface area contributed by atoms with Gasteiger partial charge in [-0.15, -0.1) is 0 Å². The van der Waals surface area contributed by atoms with E-state index in [2.05, 4.69) is 22.0 Å². The van der Waals surface area contributed by atoms with Crippen LogP contribution < -0.4 is 14.4 Å². The number of aromatic nitrogens is 1. The van der Waals surface area contributed by atoms with Crippen molar-refractivity contribution >= 4 is 5.69 Å². The van der Waals surface area contributed by atoms with Crippen molar-refractivity contribution in [2.24, 2.45) is 11.8 Å². The molecule has 0 unspecified atom stereocenters. The molecule has 0 amide bonds. The highest BCUT2D eigenvalue weighted by atomic mass is 16.5. The van der Waals surface area contributed by atoms with Gasteiger partial charge in [0.25, 0.3) is 0 Å². The minimum absolute atomic E-state index is 0.188. The first kappa shape index (κ1) is 17.2. The van der Waals surface area contributed by atoms with E-state index in [0.29, 0.717) is 23.3 Å². The van der Waals surface area contributed by atoms with E-state index in [0.717, 1.165) is 31.6 Å². The zero-order valence-electron chi connectivity index (χ0n) is 15.3. The fourth-order valence-electron chi connectivity index (χ4n) is 4.33. The monoisotopic (exact) mass is 354 g/mol. The first-order chi connectivity index (χ1) is 12.6. The summed E-state index contributed by atoms with van der Waals surface area (Å²) in [5, 5.41) is 10.6. The summed E-state index contributed by atoms with van der Waals surface area (Å²) in [6, 6.07) is 11.8. The number of rotatable bonds is 4. The van der Waals surface area contributed by atoms with Gasteiger partial charge in [-0.1, -0.05) is 12.1 Å². The average Bonchev–Trinajstić information content (AvgIpc) is 3.05. The molecule has 138 valence electrons. The van der Waals surface area contributed by atoms with Gasteiger partial charge in [-0.25, -0.2) is 0 Å². The summed E-state index contributed by atoms with van der Waals surface area (Å²) >= 11 is 0. The molecule has 0 radical (unpaired) electrons. The van der Waals surface area contributed by atoms with Crippen molar-refractivity contribution in [3.63, 3.8) is 0 Å². The lowest BCUT2D eigenvalue weighted by atomic mass is 9.78. The van der Waals surface area contributed by atoms with Crippen LogP contribution in [0.5, 0.6) is 11.5 Å². The van der Waals surface area contributed by atoms with Crippen molar-refractivity contribution in [3.8, 4) is 11.5 Å². The lowest BCUT2D eigenvalue weighted by Gasteiger charge is -2.35. The molecule has 2 fully saturated rings. The first-order valence-electron chi connectivity index (χ1n) is 9.29. The average molecular weight is 354 g/mol. The molecule has 2 aromatic rings. The highest BCUT2D eigenvalue weighted by Crippen LogP contribution is 2.40. The van der Waals surface area contributed by atoms with Crippen molar-refractivity contribution < 1.29 is 14.6 Å². The van der Waals surface area contributed by atoms with E-state index >= 15 is 0 Å². The summed E-state index contributed by atoms with van der Waals surface area (Å²) in [5.74, 6) is 2.46. The SMILES string of the molecule is COc1ccccc1O[C@@H]1C[C@@H]2CN(c3ccnc(C)c3)C[C@@H]2C[C@H]1O. The van der Waals surface area contributed by atoms with Gasteiger partial charge in [0.15, 0.2) is 11.5 Å². The van der Waals surface area contributed by atoms with Gasteiger partial charge in [0.1, 0.15) is 6.10 Å². The first-order valence-corrected chi connectivity index (χ1v) is 9.29. The van der Waals surface area contributed by atoms with Crippen molar-refractivity contribution in [1.29, 1.82) is 0 Å². The van der Waals surface area contributed by atoms with Gasteiger partial charge < -0.3 is 19.5 Å². The Morgan fingerprint density at radius 2 is 1.81 bits per heavy atom. The number of nitrogens with zero attached hydrogens (tertiary/aromatic N) is 2. The molecule has 1 aromatic heterocycles. The number of fused-ring (bicyclic) bond motifs is 1. The Morgan fingerprint density at radius 1 is 1.08 bits per heavy atom. The summed E-state index contributed by atoms with van der Waals surface area (Å²) < 4.78 is 11.5. The molecular formula is C21H26N2O3. The number of pyridine rings is 1. The zero-order chi connectivity index (χ0) is 18.1. The number of aliphatic hydroxyl groups excluding tert-OH is 1. The van der Waals surface area contributed by atoms with Gasteiger partial charge in [0.05, 0.1) is 13.2 Å². The molecule has 4 rings (SSSR count). The lowest BCUT2D eigenvalue weighted by molar-refractivity contribution is -0.0240. The summed E-state index contributed by atoms with van der Waals surface area (Å²) in [6.07, 6.45) is 2.89. The quantitative estimate of drug-likeness (QED) is 0.915. The molecule has 2 aliphatic rings. The van der Waals surface area contributed by atoms with E-state index in [9.17, 15) is 5.11 Å². The maximum atomic E-state index is 10.6. The number of hydrogen-bond acceptors (Lipinski definition) is 5. The third kappa shape index (κ3) is 3.36. The fourth-order valence-corrected chi connectivity index (χ4v) is 4.33. The molecule has 1 N–H and O–H groups in total. The zero-order valence-corrected chi connectivity index (χ0v) is 15.3. The Hall–Kier alpha value is -2.27. The fraction of sp³-hybridized carbons (Fsp3) is 0.476. The third-order valence-corrected chi connectivity index (χ3v) is 5.68. The minimum atomic E-state index is -0.444. The Bertz CT molecular complexity index is 766. The highest BCUT2D eigenvalue weighted by Gasteiger charge is 2.43. The summed E-state index contributed by atoms with van der Waals surface area (Å²) in [6.45, 7) is 4.02. The number of anilines is 1. The predicted molar refractivity (Wildman–Crippen MR) is 101 cm³/mol. The van der Waals surface area contributed by atoms with Gasteiger partial charge in [0, 0.05) is 30.7 Å². The molecule has 1 aliphatic heterocycles. The van der Waals surface area contributed by atoms with Crippen LogP contribution in [-0.4, -0.2) is 42.5 Å². The molecule has 2 heterocycles. The molecule has 5 nitrogen and oxygen atoms in total. The molecule has 1 aromatic carbocycles. The third-order valence-electron chi connectivity index (χ3n) is 5.68. The van der Waals surface area contributed by atoms with Crippen LogP contribution in [0.1, 0.15) is 18.5 Å². The van der Waals surface area contributed by atoms with Crippen LogP contribution in [0.4, 0.5) is 5.69 Å². The summed E-state index contributed by atoms with van der Waals surface area (Å²) in [4.78, 5) is 6.71. The van der Waals surface area contributed by atoms with Crippen LogP contribution >= 0.6 is 0 Å². The number of methoxy groups -OCH3 is 1. The molecule has 1 saturated heterocycles. The summed E-state index contributed by atoms with van der Waals surface area (Å²) in [7, 11) is 1.64. The highest BCUT2D eigenvalue weighted by molar-refractivity contribution is 5.48. The molecular weight excluding hydrogens is 328 g/mol. The van der Waals surface area contributed by atoms with E-state index in [1.165, 1.54) is 5.69 Å². The van der Waals surface area contributed by atoms with Crippen LogP contribution in [-0.2, 0) is 0 Å². The Morgan fingerprint density at radius 3 is 2.54 bits per heavy atom. The molecule has 0 spiro atoms. The molecule has 5 heteroatoms. The number of ether oxygens (including phenoxy) is 2. The largest absolute Gasteiger partial charge is 0.493 e. The second-order valence-corrected chi connectivity index (χ2v) is 7.43. The van der Waals surface area contributed by atoms with Crippen LogP contribution in [0.3, 0.4) is 0 Å². The van der Waals surface area contributed by atoms with Crippen molar-refractivity contribution in [1.82, 2.24) is 4.98 Å². The van der Waals surface area contributed by atoms with E-state index in [1.807, 2.05) is 37.4 Å². The molecule has 26 heavy (non-hydrogen) atoms. The van der Waals surface area contributed by atoms with Crippen LogP contribution in [0.15, 0.2) is 42.6 Å². The molecule has 1 aliphatic carbocycles. The minimum Gasteiger partial charge on any atom is -0.493 e. The molecule has 1 saturated carbocycles. The van der Waals surface area contributed by atoms with Crippen LogP contribution in [0.2, 0.25) is 0 Å². The topological polar surface area (TPSA) is 54.8 Å². The number of benzene rings is 1. The standard InChI is InChI=1S/C21H26N2O3/c1-14-9-17(7-8-22-14)23-12-15-10-18(24)21(11-16(15)13-23)26-20-6-4-3-5-19(20)25-2/h3-9,15-16,18,21,24H,10-13H2,1-2H3/t15-,16+,18+,21+/m0/s1. The number of aliphatic hydroxyl groups is 1.